The topological polar surface area (TPSA) is 41.3 Å². The van der Waals surface area contributed by atoms with Crippen molar-refractivity contribution in [3.05, 3.63) is 60.2 Å². The molecule has 0 spiro atoms. The number of hydrogen-bond acceptors (Lipinski definition) is 3. The molecule has 0 unspecified atom stereocenters. The number of anilines is 2. The highest BCUT2D eigenvalue weighted by Crippen LogP contribution is 2.21. The number of nitrogen functional groups attached to an aromatic ring is 1. The molecule has 0 amide bonds. The molecule has 2 aromatic rings. The van der Waals surface area contributed by atoms with Crippen LogP contribution in [0.3, 0.4) is 0 Å². The van der Waals surface area contributed by atoms with Gasteiger partial charge in [0.15, 0.2) is 0 Å². The number of benzene rings is 2. The minimum Gasteiger partial charge on any atom is -0.397 e. The van der Waals surface area contributed by atoms with Gasteiger partial charge in [0.05, 0.1) is 11.4 Å². The zero-order chi connectivity index (χ0) is 15.2. The van der Waals surface area contributed by atoms with Gasteiger partial charge in [0.2, 0.25) is 0 Å². The molecule has 0 atom stereocenters. The molecule has 1 fully saturated rings. The third kappa shape index (κ3) is 4.01. The molecule has 1 aliphatic rings. The van der Waals surface area contributed by atoms with Crippen LogP contribution < -0.4 is 11.1 Å². The second-order valence-corrected chi connectivity index (χ2v) is 6.08. The Labute approximate surface area is 133 Å². The molecule has 1 saturated heterocycles. The van der Waals surface area contributed by atoms with Crippen LogP contribution in [0.5, 0.6) is 0 Å². The van der Waals surface area contributed by atoms with Crippen molar-refractivity contribution in [2.45, 2.75) is 25.3 Å². The van der Waals surface area contributed by atoms with E-state index < -0.39 is 0 Å². The van der Waals surface area contributed by atoms with Crippen molar-refractivity contribution in [3.8, 4) is 0 Å². The van der Waals surface area contributed by atoms with Crippen molar-refractivity contribution in [1.82, 2.24) is 4.90 Å². The fraction of sp³-hybridized carbons (Fsp3) is 0.368. The van der Waals surface area contributed by atoms with Gasteiger partial charge in [-0.1, -0.05) is 42.5 Å². The highest BCUT2D eigenvalue weighted by molar-refractivity contribution is 5.65. The summed E-state index contributed by atoms with van der Waals surface area (Å²) in [4.78, 5) is 2.57. The first kappa shape index (κ1) is 14.9. The molecule has 3 rings (SSSR count). The van der Waals surface area contributed by atoms with Gasteiger partial charge in [-0.2, -0.15) is 0 Å². The Hall–Kier alpha value is -2.00. The van der Waals surface area contributed by atoms with Crippen LogP contribution in [-0.4, -0.2) is 30.6 Å². The quantitative estimate of drug-likeness (QED) is 0.831. The van der Waals surface area contributed by atoms with Crippen LogP contribution in [0.4, 0.5) is 11.4 Å². The van der Waals surface area contributed by atoms with Crippen molar-refractivity contribution in [2.75, 3.05) is 30.7 Å². The SMILES string of the molecule is Nc1ccccc1NC1CCN(CCc2ccccc2)CC1. The van der Waals surface area contributed by atoms with Crippen LogP contribution in [0.1, 0.15) is 18.4 Å². The van der Waals surface area contributed by atoms with Crippen molar-refractivity contribution in [3.63, 3.8) is 0 Å². The Kier molecular flexibility index (Phi) is 4.96. The van der Waals surface area contributed by atoms with Crippen LogP contribution in [-0.2, 0) is 6.42 Å². The van der Waals surface area contributed by atoms with Gasteiger partial charge in [-0.3, -0.25) is 0 Å². The summed E-state index contributed by atoms with van der Waals surface area (Å²) in [7, 11) is 0. The third-order valence-corrected chi connectivity index (χ3v) is 4.47. The van der Waals surface area contributed by atoms with E-state index in [0.29, 0.717) is 6.04 Å². The normalized spacial score (nSPS) is 16.5. The molecule has 22 heavy (non-hydrogen) atoms. The largest absolute Gasteiger partial charge is 0.397 e. The molecule has 0 bridgehead atoms. The molecular weight excluding hydrogens is 270 g/mol. The van der Waals surface area contributed by atoms with E-state index in [1.807, 2.05) is 18.2 Å². The van der Waals surface area contributed by atoms with Gasteiger partial charge in [-0.15, -0.1) is 0 Å². The maximum atomic E-state index is 6.00. The number of rotatable bonds is 5. The summed E-state index contributed by atoms with van der Waals surface area (Å²) < 4.78 is 0. The van der Waals surface area contributed by atoms with E-state index in [-0.39, 0.29) is 0 Å². The summed E-state index contributed by atoms with van der Waals surface area (Å²) in [5, 5.41) is 3.59. The van der Waals surface area contributed by atoms with Crippen LogP contribution in [0, 0.1) is 0 Å². The summed E-state index contributed by atoms with van der Waals surface area (Å²) in [5.74, 6) is 0. The Morgan fingerprint density at radius 1 is 0.955 bits per heavy atom. The molecule has 0 aliphatic carbocycles. The van der Waals surface area contributed by atoms with Gasteiger partial charge in [0.25, 0.3) is 0 Å². The first-order valence-corrected chi connectivity index (χ1v) is 8.18. The van der Waals surface area contributed by atoms with E-state index in [1.54, 1.807) is 0 Å². The average molecular weight is 295 g/mol. The summed E-state index contributed by atoms with van der Waals surface area (Å²) in [5.41, 5.74) is 9.35. The molecule has 116 valence electrons. The monoisotopic (exact) mass is 295 g/mol. The summed E-state index contributed by atoms with van der Waals surface area (Å²) in [6.45, 7) is 3.48. The van der Waals surface area contributed by atoms with Crippen molar-refractivity contribution >= 4 is 11.4 Å². The summed E-state index contributed by atoms with van der Waals surface area (Å²) in [6.07, 6.45) is 3.51. The zero-order valence-corrected chi connectivity index (χ0v) is 13.0. The predicted molar refractivity (Wildman–Crippen MR) is 94.1 cm³/mol. The fourth-order valence-corrected chi connectivity index (χ4v) is 3.08. The molecule has 2 aromatic carbocycles. The number of nitrogens with two attached hydrogens (primary N) is 1. The Bertz CT molecular complexity index is 574. The van der Waals surface area contributed by atoms with Crippen molar-refractivity contribution < 1.29 is 0 Å². The lowest BCUT2D eigenvalue weighted by molar-refractivity contribution is 0.221. The minimum atomic E-state index is 0.540. The number of nitrogens with one attached hydrogen (secondary N) is 1. The average Bonchev–Trinajstić information content (AvgIpc) is 2.57. The van der Waals surface area contributed by atoms with Gasteiger partial charge < -0.3 is 16.0 Å². The molecule has 0 aromatic heterocycles. The maximum absolute atomic E-state index is 6.00. The van der Waals surface area contributed by atoms with Gasteiger partial charge >= 0.3 is 0 Å². The molecule has 3 nitrogen and oxygen atoms in total. The lowest BCUT2D eigenvalue weighted by Gasteiger charge is -2.33. The van der Waals surface area contributed by atoms with Crippen LogP contribution in [0.15, 0.2) is 54.6 Å². The van der Waals surface area contributed by atoms with Crippen molar-refractivity contribution in [2.24, 2.45) is 0 Å². The van der Waals surface area contributed by atoms with Crippen LogP contribution in [0.2, 0.25) is 0 Å². The number of likely N-dealkylation sites (tertiary alicyclic amines) is 1. The minimum absolute atomic E-state index is 0.540. The second kappa shape index (κ2) is 7.32. The number of para-hydroxylation sites is 2. The Morgan fingerprint density at radius 2 is 1.64 bits per heavy atom. The molecule has 1 heterocycles. The lowest BCUT2D eigenvalue weighted by atomic mass is 10.0. The van der Waals surface area contributed by atoms with Gasteiger partial charge in [0, 0.05) is 25.7 Å². The summed E-state index contributed by atoms with van der Waals surface area (Å²) >= 11 is 0. The van der Waals surface area contributed by atoms with Gasteiger partial charge in [-0.05, 0) is 37.0 Å². The van der Waals surface area contributed by atoms with E-state index in [2.05, 4.69) is 46.6 Å². The first-order chi connectivity index (χ1) is 10.8. The zero-order valence-electron chi connectivity index (χ0n) is 13.0. The van der Waals surface area contributed by atoms with E-state index in [9.17, 15) is 0 Å². The molecule has 0 saturated carbocycles. The Balaban J connectivity index is 1.44. The predicted octanol–water partition coefficient (Wildman–Crippen LogP) is 3.39. The highest BCUT2D eigenvalue weighted by Gasteiger charge is 2.19. The second-order valence-electron chi connectivity index (χ2n) is 6.08. The van der Waals surface area contributed by atoms with E-state index >= 15 is 0 Å². The van der Waals surface area contributed by atoms with E-state index in [4.69, 9.17) is 5.73 Å². The number of nitrogens with zero attached hydrogens (tertiary/aromatic N) is 1. The molecule has 0 radical (unpaired) electrons. The molecule has 3 N–H and O–H groups in total. The summed E-state index contributed by atoms with van der Waals surface area (Å²) in [6, 6.07) is 19.3. The first-order valence-electron chi connectivity index (χ1n) is 8.18. The van der Waals surface area contributed by atoms with Gasteiger partial charge in [-0.25, -0.2) is 0 Å². The van der Waals surface area contributed by atoms with Crippen LogP contribution >= 0.6 is 0 Å². The van der Waals surface area contributed by atoms with Crippen molar-refractivity contribution in [1.29, 1.82) is 0 Å². The molecule has 1 aliphatic heterocycles. The smallest absolute Gasteiger partial charge is 0.0576 e. The number of piperidine rings is 1. The third-order valence-electron chi connectivity index (χ3n) is 4.47. The maximum Gasteiger partial charge on any atom is 0.0576 e. The van der Waals surface area contributed by atoms with E-state index in [1.165, 1.54) is 18.4 Å². The standard InChI is InChI=1S/C19H25N3/c20-18-8-4-5-9-19(18)21-17-11-14-22(15-12-17)13-10-16-6-2-1-3-7-16/h1-9,17,21H,10-15,20H2. The van der Waals surface area contributed by atoms with Gasteiger partial charge in [0.1, 0.15) is 0 Å². The lowest BCUT2D eigenvalue weighted by Crippen LogP contribution is -2.40. The number of hydrogen-bond donors (Lipinski definition) is 2. The van der Waals surface area contributed by atoms with Crippen LogP contribution in [0.25, 0.3) is 0 Å². The van der Waals surface area contributed by atoms with E-state index in [0.717, 1.165) is 37.4 Å². The Morgan fingerprint density at radius 3 is 2.36 bits per heavy atom. The molecule has 3 heteroatoms. The highest BCUT2D eigenvalue weighted by atomic mass is 15.1. The fourth-order valence-electron chi connectivity index (χ4n) is 3.08. The molecular formula is C19H25N3.